The molecular weight excluding hydrogens is 290 g/mol. The Morgan fingerprint density at radius 2 is 1.89 bits per heavy atom. The van der Waals surface area contributed by atoms with Crippen LogP contribution in [0.1, 0.15) is 12.5 Å². The van der Waals surface area contributed by atoms with E-state index in [1.165, 1.54) is 10.6 Å². The number of primary sulfonamides is 1. The third-order valence-electron chi connectivity index (χ3n) is 2.64. The minimum absolute atomic E-state index is 0.224. The molecule has 0 aliphatic carbocycles. The number of nitrogens with two attached hydrogens (primary N) is 1. The zero-order chi connectivity index (χ0) is 14.4. The highest BCUT2D eigenvalue weighted by molar-refractivity contribution is 7.93. The molecule has 0 saturated heterocycles. The van der Waals surface area contributed by atoms with Crippen LogP contribution >= 0.6 is 0 Å². The molecule has 0 aliphatic heterocycles. The third-order valence-corrected chi connectivity index (χ3v) is 4.68. The summed E-state index contributed by atoms with van der Waals surface area (Å²) in [4.78, 5) is 3.84. The van der Waals surface area contributed by atoms with Crippen LogP contribution in [0.5, 0.6) is 0 Å². The molecule has 2 heterocycles. The molecule has 0 saturated carbocycles. The number of hydrogen-bond donors (Lipinski definition) is 1. The van der Waals surface area contributed by atoms with Gasteiger partial charge in [0.1, 0.15) is 5.65 Å². The van der Waals surface area contributed by atoms with Crippen LogP contribution in [0.4, 0.5) is 0 Å². The summed E-state index contributed by atoms with van der Waals surface area (Å²) in [5.41, 5.74) is 1.07. The smallest absolute Gasteiger partial charge is 0.257 e. The number of fused-ring (bicyclic) bond motifs is 1. The van der Waals surface area contributed by atoms with Crippen LogP contribution in [0.3, 0.4) is 0 Å². The van der Waals surface area contributed by atoms with Gasteiger partial charge in [-0.1, -0.05) is 13.0 Å². The molecular formula is C10H13N3O4S2. The van der Waals surface area contributed by atoms with Crippen molar-refractivity contribution in [2.75, 3.05) is 6.26 Å². The van der Waals surface area contributed by atoms with E-state index in [0.29, 0.717) is 6.42 Å². The predicted octanol–water partition coefficient (Wildman–Crippen LogP) is -0.0524. The summed E-state index contributed by atoms with van der Waals surface area (Å²) in [6.07, 6.45) is 3.09. The van der Waals surface area contributed by atoms with Crippen LogP contribution in [0, 0.1) is 0 Å². The van der Waals surface area contributed by atoms with Crippen molar-refractivity contribution in [1.29, 1.82) is 0 Å². The molecule has 7 nitrogen and oxygen atoms in total. The standard InChI is InChI=1S/C10H13N3O4S2/c1-3-7-4-5-8-12-9(18(2,14)15)10(13(8)6-7)19(11,16)17/h4-6H,3H2,1-2H3,(H2,11,16,17). The average molecular weight is 303 g/mol. The first-order valence-electron chi connectivity index (χ1n) is 5.38. The number of aryl methyl sites for hydroxylation is 1. The van der Waals surface area contributed by atoms with E-state index < -0.39 is 29.9 Å². The highest BCUT2D eigenvalue weighted by Crippen LogP contribution is 2.22. The Morgan fingerprint density at radius 1 is 1.26 bits per heavy atom. The van der Waals surface area contributed by atoms with Crippen molar-refractivity contribution in [3.8, 4) is 0 Å². The van der Waals surface area contributed by atoms with Crippen LogP contribution in [0.15, 0.2) is 28.4 Å². The van der Waals surface area contributed by atoms with E-state index in [-0.39, 0.29) is 5.65 Å². The fourth-order valence-corrected chi connectivity index (χ4v) is 3.94. The fraction of sp³-hybridized carbons (Fsp3) is 0.300. The van der Waals surface area contributed by atoms with Gasteiger partial charge in [-0.3, -0.25) is 4.40 Å². The Hall–Kier alpha value is -1.45. The van der Waals surface area contributed by atoms with Gasteiger partial charge in [0, 0.05) is 12.5 Å². The van der Waals surface area contributed by atoms with E-state index in [1.54, 1.807) is 12.1 Å². The van der Waals surface area contributed by atoms with Gasteiger partial charge in [-0.05, 0) is 18.1 Å². The van der Waals surface area contributed by atoms with Crippen molar-refractivity contribution >= 4 is 25.5 Å². The molecule has 0 bridgehead atoms. The van der Waals surface area contributed by atoms with Gasteiger partial charge < -0.3 is 0 Å². The molecule has 0 aliphatic rings. The van der Waals surface area contributed by atoms with E-state index in [2.05, 4.69) is 4.98 Å². The van der Waals surface area contributed by atoms with E-state index in [4.69, 9.17) is 5.14 Å². The Kier molecular flexibility index (Phi) is 3.15. The molecule has 0 spiro atoms. The van der Waals surface area contributed by atoms with Gasteiger partial charge in [-0.15, -0.1) is 0 Å². The van der Waals surface area contributed by atoms with Crippen LogP contribution in [0.25, 0.3) is 5.65 Å². The zero-order valence-corrected chi connectivity index (χ0v) is 12.0. The highest BCUT2D eigenvalue weighted by atomic mass is 32.2. The van der Waals surface area contributed by atoms with Gasteiger partial charge in [-0.2, -0.15) is 0 Å². The predicted molar refractivity (Wildman–Crippen MR) is 69.1 cm³/mol. The lowest BCUT2D eigenvalue weighted by Gasteiger charge is -2.03. The molecule has 0 unspecified atom stereocenters. The van der Waals surface area contributed by atoms with Crippen molar-refractivity contribution in [3.05, 3.63) is 23.9 Å². The largest absolute Gasteiger partial charge is 0.288 e. The Bertz CT molecular complexity index is 850. The molecule has 2 N–H and O–H groups in total. The molecule has 9 heteroatoms. The summed E-state index contributed by atoms with van der Waals surface area (Å²) in [6, 6.07) is 3.31. The number of nitrogens with zero attached hydrogens (tertiary/aromatic N) is 2. The minimum atomic E-state index is -4.20. The number of hydrogen-bond acceptors (Lipinski definition) is 5. The summed E-state index contributed by atoms with van der Waals surface area (Å²) < 4.78 is 47.7. The number of sulfone groups is 1. The highest BCUT2D eigenvalue weighted by Gasteiger charge is 2.28. The molecule has 104 valence electrons. The lowest BCUT2D eigenvalue weighted by molar-refractivity contribution is 0.578. The van der Waals surface area contributed by atoms with Crippen LogP contribution in [0.2, 0.25) is 0 Å². The maximum Gasteiger partial charge on any atom is 0.257 e. The Balaban J connectivity index is 3.00. The second kappa shape index (κ2) is 4.29. The molecule has 2 aromatic rings. The summed E-state index contributed by atoms with van der Waals surface area (Å²) in [7, 11) is -7.99. The molecule has 19 heavy (non-hydrogen) atoms. The van der Waals surface area contributed by atoms with Gasteiger partial charge in [0.15, 0.2) is 19.9 Å². The van der Waals surface area contributed by atoms with Gasteiger partial charge in [-0.25, -0.2) is 27.0 Å². The van der Waals surface area contributed by atoms with Crippen LogP contribution in [-0.2, 0) is 26.3 Å². The molecule has 0 fully saturated rings. The first-order valence-corrected chi connectivity index (χ1v) is 8.82. The number of rotatable bonds is 3. The van der Waals surface area contributed by atoms with Crippen LogP contribution in [-0.4, -0.2) is 32.5 Å². The molecule has 2 rings (SSSR count). The van der Waals surface area contributed by atoms with Gasteiger partial charge in [0.25, 0.3) is 10.0 Å². The van der Waals surface area contributed by atoms with Crippen molar-refractivity contribution < 1.29 is 16.8 Å². The SMILES string of the molecule is CCc1ccc2nc(S(C)(=O)=O)c(S(N)(=O)=O)n2c1. The summed E-state index contributed by atoms with van der Waals surface area (Å²) >= 11 is 0. The van der Waals surface area contributed by atoms with E-state index >= 15 is 0 Å². The van der Waals surface area contributed by atoms with Crippen molar-refractivity contribution in [2.24, 2.45) is 5.14 Å². The van der Waals surface area contributed by atoms with Crippen LogP contribution < -0.4 is 5.14 Å². The molecule has 0 amide bonds. The number of imidazole rings is 1. The molecule has 0 atom stereocenters. The third kappa shape index (κ3) is 2.48. The number of sulfonamides is 1. The minimum Gasteiger partial charge on any atom is -0.288 e. The second-order valence-electron chi connectivity index (χ2n) is 4.16. The maximum atomic E-state index is 11.6. The Labute approximate surface area is 111 Å². The lowest BCUT2D eigenvalue weighted by atomic mass is 10.2. The maximum absolute atomic E-state index is 11.6. The molecule has 2 aromatic heterocycles. The summed E-state index contributed by atoms with van der Waals surface area (Å²) in [5, 5.41) is 4.08. The normalized spacial score (nSPS) is 13.0. The summed E-state index contributed by atoms with van der Waals surface area (Å²) in [6.45, 7) is 1.90. The average Bonchev–Trinajstić information content (AvgIpc) is 2.66. The van der Waals surface area contributed by atoms with E-state index in [9.17, 15) is 16.8 Å². The quantitative estimate of drug-likeness (QED) is 0.854. The second-order valence-corrected chi connectivity index (χ2v) is 7.57. The molecule has 0 aromatic carbocycles. The van der Waals surface area contributed by atoms with Gasteiger partial charge >= 0.3 is 0 Å². The van der Waals surface area contributed by atoms with Crippen molar-refractivity contribution in [3.63, 3.8) is 0 Å². The van der Waals surface area contributed by atoms with Gasteiger partial charge in [0.2, 0.25) is 0 Å². The fourth-order valence-electron chi connectivity index (χ4n) is 1.75. The van der Waals surface area contributed by atoms with Crippen molar-refractivity contribution in [1.82, 2.24) is 9.38 Å². The lowest BCUT2D eigenvalue weighted by Crippen LogP contribution is -2.18. The Morgan fingerprint density at radius 3 is 2.37 bits per heavy atom. The zero-order valence-electron chi connectivity index (χ0n) is 10.4. The van der Waals surface area contributed by atoms with Gasteiger partial charge in [0.05, 0.1) is 0 Å². The number of pyridine rings is 1. The monoisotopic (exact) mass is 303 g/mol. The first-order chi connectivity index (χ1) is 8.64. The summed E-state index contributed by atoms with van der Waals surface area (Å²) in [5.74, 6) is 0. The van der Waals surface area contributed by atoms with Crippen molar-refractivity contribution in [2.45, 2.75) is 23.4 Å². The molecule has 0 radical (unpaired) electrons. The van der Waals surface area contributed by atoms with E-state index in [1.807, 2.05) is 6.92 Å². The number of aromatic nitrogens is 2. The first kappa shape index (κ1) is 14.0. The topological polar surface area (TPSA) is 112 Å². The van der Waals surface area contributed by atoms with E-state index in [0.717, 1.165) is 11.8 Å².